The number of ether oxygens (including phenoxy) is 2. The predicted octanol–water partition coefficient (Wildman–Crippen LogP) is 3.30. The maximum atomic E-state index is 13.7. The van der Waals surface area contributed by atoms with Gasteiger partial charge in [0.05, 0.1) is 7.11 Å². The molecule has 0 bridgehead atoms. The molecule has 4 heteroatoms. The van der Waals surface area contributed by atoms with Crippen molar-refractivity contribution in [1.82, 2.24) is 0 Å². The summed E-state index contributed by atoms with van der Waals surface area (Å²) in [6.07, 6.45) is 0. The number of hydrogen-bond acceptors (Lipinski definition) is 3. The van der Waals surface area contributed by atoms with E-state index in [1.54, 1.807) is 13.2 Å². The summed E-state index contributed by atoms with van der Waals surface area (Å²) in [4.78, 5) is 0. The number of para-hydroxylation sites is 1. The van der Waals surface area contributed by atoms with Crippen molar-refractivity contribution in [2.24, 2.45) is 0 Å². The average molecular weight is 261 g/mol. The molecule has 2 N–H and O–H groups in total. The smallest absolute Gasteiger partial charge is 0.167 e. The largest absolute Gasteiger partial charge is 0.496 e. The van der Waals surface area contributed by atoms with Gasteiger partial charge in [0.15, 0.2) is 11.6 Å². The summed E-state index contributed by atoms with van der Waals surface area (Å²) in [6, 6.07) is 10.3. The van der Waals surface area contributed by atoms with Gasteiger partial charge in [-0.15, -0.1) is 0 Å². The Morgan fingerprint density at radius 1 is 1.16 bits per heavy atom. The van der Waals surface area contributed by atoms with Crippen LogP contribution in [0.1, 0.15) is 11.1 Å². The number of aryl methyl sites for hydroxylation is 1. The van der Waals surface area contributed by atoms with E-state index in [0.29, 0.717) is 5.69 Å². The third-order valence-electron chi connectivity index (χ3n) is 2.90. The number of nitrogens with two attached hydrogens (primary N) is 1. The minimum atomic E-state index is -0.460. The highest BCUT2D eigenvalue weighted by Crippen LogP contribution is 2.25. The van der Waals surface area contributed by atoms with E-state index in [2.05, 4.69) is 0 Å². The fourth-order valence-electron chi connectivity index (χ4n) is 1.76. The molecule has 3 nitrogen and oxygen atoms in total. The molecule has 0 unspecified atom stereocenters. The molecular weight excluding hydrogens is 245 g/mol. The quantitative estimate of drug-likeness (QED) is 0.859. The molecule has 2 aromatic rings. The fraction of sp³-hybridized carbons (Fsp3) is 0.200. The molecule has 0 aliphatic heterocycles. The van der Waals surface area contributed by atoms with Crippen molar-refractivity contribution in [3.05, 3.63) is 53.3 Å². The Labute approximate surface area is 111 Å². The first-order valence-corrected chi connectivity index (χ1v) is 5.92. The molecule has 0 saturated heterocycles. The van der Waals surface area contributed by atoms with Crippen molar-refractivity contribution in [1.29, 1.82) is 0 Å². The SMILES string of the molecule is COc1ccccc1COc1cc(C)c(N)cc1F. The van der Waals surface area contributed by atoms with Crippen LogP contribution in [0, 0.1) is 12.7 Å². The number of nitrogen functional groups attached to an aromatic ring is 1. The number of benzene rings is 2. The molecule has 0 spiro atoms. The molecular formula is C15H16FNO2. The summed E-state index contributed by atoms with van der Waals surface area (Å²) in [5.74, 6) is 0.450. The maximum Gasteiger partial charge on any atom is 0.167 e. The van der Waals surface area contributed by atoms with E-state index in [1.165, 1.54) is 6.07 Å². The second kappa shape index (κ2) is 5.61. The molecule has 0 fully saturated rings. The predicted molar refractivity (Wildman–Crippen MR) is 72.9 cm³/mol. The van der Waals surface area contributed by atoms with Crippen LogP contribution in [-0.2, 0) is 6.61 Å². The number of hydrogen-bond donors (Lipinski definition) is 1. The number of rotatable bonds is 4. The Morgan fingerprint density at radius 3 is 2.63 bits per heavy atom. The molecule has 100 valence electrons. The lowest BCUT2D eigenvalue weighted by atomic mass is 10.2. The zero-order valence-corrected chi connectivity index (χ0v) is 10.9. The molecule has 0 amide bonds. The summed E-state index contributed by atoms with van der Waals surface area (Å²) in [5, 5.41) is 0. The van der Waals surface area contributed by atoms with E-state index in [-0.39, 0.29) is 12.4 Å². The minimum Gasteiger partial charge on any atom is -0.496 e. The molecule has 0 aromatic heterocycles. The number of halogens is 1. The molecule has 0 heterocycles. The topological polar surface area (TPSA) is 44.5 Å². The Hall–Kier alpha value is -2.23. The van der Waals surface area contributed by atoms with Crippen molar-refractivity contribution in [2.75, 3.05) is 12.8 Å². The van der Waals surface area contributed by atoms with E-state index in [0.717, 1.165) is 16.9 Å². The van der Waals surface area contributed by atoms with Crippen LogP contribution in [0.5, 0.6) is 11.5 Å². The Balaban J connectivity index is 2.17. The van der Waals surface area contributed by atoms with Crippen LogP contribution in [0.15, 0.2) is 36.4 Å². The standard InChI is InChI=1S/C15H16FNO2/c1-10-7-15(12(16)8-13(10)17)19-9-11-5-3-4-6-14(11)18-2/h3-8H,9,17H2,1-2H3. The summed E-state index contributed by atoms with van der Waals surface area (Å²) >= 11 is 0. The Kier molecular flexibility index (Phi) is 3.90. The van der Waals surface area contributed by atoms with E-state index in [1.807, 2.05) is 31.2 Å². The van der Waals surface area contributed by atoms with Crippen molar-refractivity contribution in [3.8, 4) is 11.5 Å². The van der Waals surface area contributed by atoms with Crippen LogP contribution in [0.3, 0.4) is 0 Å². The van der Waals surface area contributed by atoms with Gasteiger partial charge in [-0.2, -0.15) is 0 Å². The van der Waals surface area contributed by atoms with Gasteiger partial charge in [-0.05, 0) is 24.6 Å². The van der Waals surface area contributed by atoms with E-state index in [4.69, 9.17) is 15.2 Å². The van der Waals surface area contributed by atoms with E-state index >= 15 is 0 Å². The molecule has 19 heavy (non-hydrogen) atoms. The van der Waals surface area contributed by atoms with Gasteiger partial charge in [-0.25, -0.2) is 4.39 Å². The maximum absolute atomic E-state index is 13.7. The van der Waals surface area contributed by atoms with Crippen molar-refractivity contribution in [3.63, 3.8) is 0 Å². The average Bonchev–Trinajstić information content (AvgIpc) is 2.41. The first-order valence-electron chi connectivity index (χ1n) is 5.92. The number of anilines is 1. The summed E-state index contributed by atoms with van der Waals surface area (Å²) in [7, 11) is 1.59. The first-order chi connectivity index (χ1) is 9.11. The molecule has 0 saturated carbocycles. The van der Waals surface area contributed by atoms with Crippen LogP contribution >= 0.6 is 0 Å². The van der Waals surface area contributed by atoms with E-state index < -0.39 is 5.82 Å². The molecule has 2 rings (SSSR count). The minimum absolute atomic E-state index is 0.192. The van der Waals surface area contributed by atoms with Gasteiger partial charge in [-0.1, -0.05) is 18.2 Å². The van der Waals surface area contributed by atoms with Gasteiger partial charge >= 0.3 is 0 Å². The van der Waals surface area contributed by atoms with Crippen molar-refractivity contribution < 1.29 is 13.9 Å². The van der Waals surface area contributed by atoms with Gasteiger partial charge in [-0.3, -0.25) is 0 Å². The monoisotopic (exact) mass is 261 g/mol. The molecule has 0 aliphatic rings. The lowest BCUT2D eigenvalue weighted by Gasteiger charge is -2.12. The molecule has 0 radical (unpaired) electrons. The fourth-order valence-corrected chi connectivity index (χ4v) is 1.76. The normalized spacial score (nSPS) is 10.3. The highest BCUT2D eigenvalue weighted by molar-refractivity contribution is 5.50. The summed E-state index contributed by atoms with van der Waals surface area (Å²) < 4.78 is 24.4. The third kappa shape index (κ3) is 2.96. The first kappa shape index (κ1) is 13.2. The highest BCUT2D eigenvalue weighted by atomic mass is 19.1. The molecule has 0 aliphatic carbocycles. The van der Waals surface area contributed by atoms with Crippen molar-refractivity contribution >= 4 is 5.69 Å². The molecule has 2 aromatic carbocycles. The van der Waals surface area contributed by atoms with Crippen LogP contribution in [-0.4, -0.2) is 7.11 Å². The summed E-state index contributed by atoms with van der Waals surface area (Å²) in [5.41, 5.74) is 7.69. The third-order valence-corrected chi connectivity index (χ3v) is 2.90. The van der Waals surface area contributed by atoms with Gasteiger partial charge in [0, 0.05) is 17.3 Å². The van der Waals surface area contributed by atoms with Crippen LogP contribution in [0.2, 0.25) is 0 Å². The van der Waals surface area contributed by atoms with Crippen LogP contribution in [0.4, 0.5) is 10.1 Å². The second-order valence-electron chi connectivity index (χ2n) is 4.24. The van der Waals surface area contributed by atoms with E-state index in [9.17, 15) is 4.39 Å². The Morgan fingerprint density at radius 2 is 1.89 bits per heavy atom. The van der Waals surface area contributed by atoms with Crippen LogP contribution < -0.4 is 15.2 Å². The highest BCUT2D eigenvalue weighted by Gasteiger charge is 2.08. The van der Waals surface area contributed by atoms with Gasteiger partial charge < -0.3 is 15.2 Å². The Bertz CT molecular complexity index is 584. The lowest BCUT2D eigenvalue weighted by Crippen LogP contribution is -2.01. The van der Waals surface area contributed by atoms with Crippen molar-refractivity contribution in [2.45, 2.75) is 13.5 Å². The summed E-state index contributed by atoms with van der Waals surface area (Å²) in [6.45, 7) is 2.05. The van der Waals surface area contributed by atoms with Gasteiger partial charge in [0.25, 0.3) is 0 Å². The second-order valence-corrected chi connectivity index (χ2v) is 4.24. The number of methoxy groups -OCH3 is 1. The zero-order valence-electron chi connectivity index (χ0n) is 10.9. The van der Waals surface area contributed by atoms with Gasteiger partial charge in [0.2, 0.25) is 0 Å². The zero-order chi connectivity index (χ0) is 13.8. The van der Waals surface area contributed by atoms with Crippen LogP contribution in [0.25, 0.3) is 0 Å². The lowest BCUT2D eigenvalue weighted by molar-refractivity contribution is 0.282. The van der Waals surface area contributed by atoms with Gasteiger partial charge in [0.1, 0.15) is 12.4 Å². The molecule has 0 atom stereocenters.